The first-order valence-corrected chi connectivity index (χ1v) is 16.1. The van der Waals surface area contributed by atoms with Crippen molar-refractivity contribution < 1.29 is 9.90 Å². The van der Waals surface area contributed by atoms with E-state index in [-0.39, 0.29) is 0 Å². The second-order valence-electron chi connectivity index (χ2n) is 11.1. The number of carboxylic acid groups (broad SMARTS) is 1. The van der Waals surface area contributed by atoms with Gasteiger partial charge < -0.3 is 10.0 Å². The largest absolute Gasteiger partial charge is 0.481 e. The van der Waals surface area contributed by atoms with E-state index in [1.165, 1.54) is 154 Å². The molecule has 0 aliphatic heterocycles. The van der Waals surface area contributed by atoms with E-state index in [4.69, 9.17) is 5.11 Å². The molecule has 0 heterocycles. The van der Waals surface area contributed by atoms with E-state index in [0.29, 0.717) is 6.42 Å². The van der Waals surface area contributed by atoms with Gasteiger partial charge in [-0.3, -0.25) is 4.79 Å². The summed E-state index contributed by atoms with van der Waals surface area (Å²) in [6.07, 6.45) is 32.4. The average Bonchev–Trinajstić information content (AvgIpc) is 2.85. The fraction of sp³-hybridized carbons (Fsp3) is 0.969. The minimum Gasteiger partial charge on any atom is -0.481 e. The second kappa shape index (κ2) is 28.0. The van der Waals surface area contributed by atoms with Gasteiger partial charge in [0.25, 0.3) is 0 Å². The van der Waals surface area contributed by atoms with Crippen molar-refractivity contribution in [3.05, 3.63) is 0 Å². The molecule has 0 rings (SSSR count). The molecule has 0 spiro atoms. The summed E-state index contributed by atoms with van der Waals surface area (Å²) in [5, 5.41) is 8.87. The van der Waals surface area contributed by atoms with Gasteiger partial charge in [0.2, 0.25) is 0 Å². The lowest BCUT2D eigenvalue weighted by atomic mass is 9.99. The van der Waals surface area contributed by atoms with Crippen molar-refractivity contribution in [2.75, 3.05) is 13.1 Å². The van der Waals surface area contributed by atoms with Crippen molar-refractivity contribution in [2.24, 2.45) is 0 Å². The summed E-state index contributed by atoms with van der Waals surface area (Å²) in [6.45, 7) is 9.50. The molecule has 0 aromatic rings. The monoisotopic (exact) mass is 496 g/mol. The van der Waals surface area contributed by atoms with Gasteiger partial charge in [-0.25, -0.2) is 0 Å². The van der Waals surface area contributed by atoms with Crippen LogP contribution in [-0.4, -0.2) is 35.1 Å². The van der Waals surface area contributed by atoms with Crippen LogP contribution in [0.25, 0.3) is 0 Å². The molecule has 0 saturated heterocycles. The molecule has 1 atom stereocenters. The first kappa shape index (κ1) is 34.4. The highest BCUT2D eigenvalue weighted by Gasteiger charge is 2.17. The second-order valence-corrected chi connectivity index (χ2v) is 11.1. The normalized spacial score (nSPS) is 12.5. The van der Waals surface area contributed by atoms with Crippen LogP contribution in [0.4, 0.5) is 0 Å². The molecule has 3 heteroatoms. The van der Waals surface area contributed by atoms with Crippen LogP contribution < -0.4 is 0 Å². The van der Waals surface area contributed by atoms with Crippen molar-refractivity contribution in [1.29, 1.82) is 0 Å². The van der Waals surface area contributed by atoms with Crippen molar-refractivity contribution in [3.8, 4) is 0 Å². The van der Waals surface area contributed by atoms with Crippen LogP contribution in [0.2, 0.25) is 0 Å². The summed E-state index contributed by atoms with van der Waals surface area (Å²) in [5.74, 6) is -0.646. The van der Waals surface area contributed by atoms with E-state index in [9.17, 15) is 4.79 Å². The van der Waals surface area contributed by atoms with Crippen LogP contribution in [0, 0.1) is 0 Å². The Balaban J connectivity index is 4.49. The van der Waals surface area contributed by atoms with Crippen LogP contribution in [0.1, 0.15) is 181 Å². The van der Waals surface area contributed by atoms with Gasteiger partial charge in [-0.05, 0) is 45.2 Å². The lowest BCUT2D eigenvalue weighted by molar-refractivity contribution is -0.137. The number of aliphatic carboxylic acids is 1. The number of carbonyl (C=O) groups is 1. The first-order valence-electron chi connectivity index (χ1n) is 16.1. The highest BCUT2D eigenvalue weighted by Crippen LogP contribution is 2.20. The summed E-state index contributed by atoms with van der Waals surface area (Å²) >= 11 is 0. The van der Waals surface area contributed by atoms with Crippen LogP contribution in [-0.2, 0) is 4.79 Å². The Kier molecular flexibility index (Phi) is 27.6. The standard InChI is InChI=1S/C32H65NO2/c1-4-7-10-12-14-16-20-24-29-33(30-25-21-17-15-13-11-8-5-2)31(26-9-6-3)27-22-18-19-23-28-32(34)35/h31H,4-30H2,1-3H3,(H,34,35). The van der Waals surface area contributed by atoms with E-state index in [1.807, 2.05) is 0 Å². The predicted molar refractivity (Wildman–Crippen MR) is 155 cm³/mol. The molecule has 0 aliphatic rings. The predicted octanol–water partition coefficient (Wildman–Crippen LogP) is 10.6. The maximum Gasteiger partial charge on any atom is 0.303 e. The van der Waals surface area contributed by atoms with Crippen molar-refractivity contribution >= 4 is 5.97 Å². The smallest absolute Gasteiger partial charge is 0.303 e. The fourth-order valence-electron chi connectivity index (χ4n) is 5.33. The SMILES string of the molecule is CCCCCCCCCCN(CCCCCCCCCC)C(CCCC)CCCCCCC(=O)O. The maximum atomic E-state index is 10.8. The third kappa shape index (κ3) is 24.9. The Morgan fingerprint density at radius 2 is 0.886 bits per heavy atom. The molecule has 0 fully saturated rings. The highest BCUT2D eigenvalue weighted by atomic mass is 16.4. The lowest BCUT2D eigenvalue weighted by Gasteiger charge is -2.32. The lowest BCUT2D eigenvalue weighted by Crippen LogP contribution is -2.37. The quantitative estimate of drug-likeness (QED) is 0.105. The van der Waals surface area contributed by atoms with Crippen LogP contribution in [0.5, 0.6) is 0 Å². The molecule has 1 unspecified atom stereocenters. The van der Waals surface area contributed by atoms with E-state index < -0.39 is 5.97 Å². The molecule has 0 aromatic heterocycles. The molecule has 1 N–H and O–H groups in total. The molecule has 0 aromatic carbocycles. The van der Waals surface area contributed by atoms with E-state index >= 15 is 0 Å². The number of rotatable bonds is 29. The number of hydrogen-bond donors (Lipinski definition) is 1. The molecule has 0 radical (unpaired) electrons. The molecule has 35 heavy (non-hydrogen) atoms. The Morgan fingerprint density at radius 3 is 1.34 bits per heavy atom. The van der Waals surface area contributed by atoms with Gasteiger partial charge in [-0.15, -0.1) is 0 Å². The molecular formula is C32H65NO2. The van der Waals surface area contributed by atoms with Gasteiger partial charge in [-0.2, -0.15) is 0 Å². The minimum absolute atomic E-state index is 0.336. The van der Waals surface area contributed by atoms with E-state index in [2.05, 4.69) is 25.7 Å². The number of hydrogen-bond acceptors (Lipinski definition) is 2. The van der Waals surface area contributed by atoms with Gasteiger partial charge in [0.15, 0.2) is 0 Å². The zero-order valence-corrected chi connectivity index (χ0v) is 24.5. The van der Waals surface area contributed by atoms with Gasteiger partial charge >= 0.3 is 5.97 Å². The molecule has 0 saturated carbocycles. The molecule has 3 nitrogen and oxygen atoms in total. The summed E-state index contributed by atoms with van der Waals surface area (Å²) in [4.78, 5) is 13.6. The van der Waals surface area contributed by atoms with E-state index in [0.717, 1.165) is 18.9 Å². The van der Waals surface area contributed by atoms with Crippen LogP contribution >= 0.6 is 0 Å². The fourth-order valence-corrected chi connectivity index (χ4v) is 5.33. The van der Waals surface area contributed by atoms with Gasteiger partial charge in [-0.1, -0.05) is 143 Å². The Hall–Kier alpha value is -0.570. The third-order valence-electron chi connectivity index (χ3n) is 7.68. The summed E-state index contributed by atoms with van der Waals surface area (Å²) in [6, 6.07) is 0.739. The van der Waals surface area contributed by atoms with Crippen LogP contribution in [0.3, 0.4) is 0 Å². The summed E-state index contributed by atoms with van der Waals surface area (Å²) in [7, 11) is 0. The number of nitrogens with zero attached hydrogens (tertiary/aromatic N) is 1. The van der Waals surface area contributed by atoms with Gasteiger partial charge in [0.1, 0.15) is 0 Å². The summed E-state index contributed by atoms with van der Waals surface area (Å²) < 4.78 is 0. The topological polar surface area (TPSA) is 40.5 Å². The van der Waals surface area contributed by atoms with Crippen LogP contribution in [0.15, 0.2) is 0 Å². The highest BCUT2D eigenvalue weighted by molar-refractivity contribution is 5.66. The Bertz CT molecular complexity index is 406. The maximum absolute atomic E-state index is 10.8. The number of carboxylic acids is 1. The van der Waals surface area contributed by atoms with Gasteiger partial charge in [0, 0.05) is 12.5 Å². The Labute approximate surface area is 221 Å². The number of unbranched alkanes of at least 4 members (excludes halogenated alkanes) is 18. The van der Waals surface area contributed by atoms with Crippen molar-refractivity contribution in [1.82, 2.24) is 4.90 Å². The molecule has 0 bridgehead atoms. The average molecular weight is 496 g/mol. The molecule has 0 aliphatic carbocycles. The zero-order chi connectivity index (χ0) is 25.8. The minimum atomic E-state index is -0.646. The first-order chi connectivity index (χ1) is 17.2. The van der Waals surface area contributed by atoms with Gasteiger partial charge in [0.05, 0.1) is 0 Å². The molecule has 210 valence electrons. The van der Waals surface area contributed by atoms with E-state index in [1.54, 1.807) is 0 Å². The molecule has 0 amide bonds. The third-order valence-corrected chi connectivity index (χ3v) is 7.68. The molecular weight excluding hydrogens is 430 g/mol. The van der Waals surface area contributed by atoms with Crippen molar-refractivity contribution in [3.63, 3.8) is 0 Å². The van der Waals surface area contributed by atoms with Crippen molar-refractivity contribution in [2.45, 2.75) is 187 Å². The Morgan fingerprint density at radius 1 is 0.514 bits per heavy atom. The zero-order valence-electron chi connectivity index (χ0n) is 24.5. The summed E-state index contributed by atoms with van der Waals surface area (Å²) in [5.41, 5.74) is 0.